The van der Waals surface area contributed by atoms with E-state index >= 15 is 0 Å². The summed E-state index contributed by atoms with van der Waals surface area (Å²) in [7, 11) is -5.46. The maximum absolute atomic E-state index is 12.6. The van der Waals surface area contributed by atoms with Crippen LogP contribution in [0.4, 0.5) is 13.2 Å². The fourth-order valence-electron chi connectivity index (χ4n) is 4.98. The number of carboxylic acid groups (broad SMARTS) is 1. The SMILES string of the molecule is O=C(O)C12CC3CC(CC(NS(=O)(=O)C(F)(F)F)(C3)C1)C2. The Morgan fingerprint density at radius 3 is 2.10 bits per heavy atom. The summed E-state index contributed by atoms with van der Waals surface area (Å²) in [6.07, 6.45) is 2.21. The molecule has 0 amide bonds. The Hall–Kier alpha value is -0.830. The first-order valence-corrected chi connectivity index (χ1v) is 8.29. The van der Waals surface area contributed by atoms with Crippen LogP contribution in [-0.4, -0.2) is 30.5 Å². The third-order valence-electron chi connectivity index (χ3n) is 5.17. The second kappa shape index (κ2) is 4.13. The molecule has 0 aliphatic heterocycles. The highest BCUT2D eigenvalue weighted by Gasteiger charge is 2.63. The van der Waals surface area contributed by atoms with Crippen LogP contribution in [0.2, 0.25) is 0 Å². The van der Waals surface area contributed by atoms with Gasteiger partial charge in [-0.1, -0.05) is 0 Å². The molecule has 9 heteroatoms. The Morgan fingerprint density at radius 1 is 1.14 bits per heavy atom. The van der Waals surface area contributed by atoms with E-state index in [-0.39, 0.29) is 18.3 Å². The summed E-state index contributed by atoms with van der Waals surface area (Å²) in [5, 5.41) is 9.45. The van der Waals surface area contributed by atoms with Gasteiger partial charge in [-0.25, -0.2) is 13.1 Å². The number of rotatable bonds is 3. The lowest BCUT2D eigenvalue weighted by Gasteiger charge is -2.60. The number of hydrogen-bond acceptors (Lipinski definition) is 3. The molecule has 0 radical (unpaired) electrons. The van der Waals surface area contributed by atoms with Gasteiger partial charge in [0, 0.05) is 5.54 Å². The molecule has 4 aliphatic carbocycles. The van der Waals surface area contributed by atoms with Crippen LogP contribution in [0.25, 0.3) is 0 Å². The molecular formula is C12H16F3NO4S. The van der Waals surface area contributed by atoms with E-state index in [1.807, 2.05) is 0 Å². The minimum absolute atomic E-state index is 0.0155. The Bertz CT molecular complexity index is 572. The molecule has 0 heterocycles. The molecule has 0 aromatic carbocycles. The van der Waals surface area contributed by atoms with Crippen molar-refractivity contribution >= 4 is 16.0 Å². The summed E-state index contributed by atoms with van der Waals surface area (Å²) >= 11 is 0. The maximum Gasteiger partial charge on any atom is 0.511 e. The van der Waals surface area contributed by atoms with Crippen LogP contribution in [0, 0.1) is 17.3 Å². The molecule has 4 rings (SSSR count). The predicted octanol–water partition coefficient (Wildman–Crippen LogP) is 1.85. The van der Waals surface area contributed by atoms with E-state index < -0.39 is 32.5 Å². The fraction of sp³-hybridized carbons (Fsp3) is 0.917. The first-order valence-electron chi connectivity index (χ1n) is 6.81. The smallest absolute Gasteiger partial charge is 0.481 e. The van der Waals surface area contributed by atoms with Crippen molar-refractivity contribution in [2.45, 2.75) is 49.6 Å². The number of carboxylic acids is 1. The summed E-state index contributed by atoms with van der Waals surface area (Å²) in [6.45, 7) is 0. The van der Waals surface area contributed by atoms with Gasteiger partial charge in [-0.05, 0) is 50.4 Å². The van der Waals surface area contributed by atoms with Crippen LogP contribution < -0.4 is 4.72 Å². The summed E-state index contributed by atoms with van der Waals surface area (Å²) < 4.78 is 62.5. The van der Waals surface area contributed by atoms with Gasteiger partial charge in [0.2, 0.25) is 0 Å². The number of carbonyl (C=O) groups is 1. The molecule has 120 valence electrons. The normalized spacial score (nSPS) is 42.2. The first kappa shape index (κ1) is 15.1. The highest BCUT2D eigenvalue weighted by molar-refractivity contribution is 7.90. The van der Waals surface area contributed by atoms with Crippen molar-refractivity contribution in [3.05, 3.63) is 0 Å². The van der Waals surface area contributed by atoms with Crippen molar-refractivity contribution in [3.8, 4) is 0 Å². The molecule has 4 saturated carbocycles. The van der Waals surface area contributed by atoms with Crippen LogP contribution in [0.5, 0.6) is 0 Å². The largest absolute Gasteiger partial charge is 0.511 e. The van der Waals surface area contributed by atoms with Crippen molar-refractivity contribution in [2.75, 3.05) is 0 Å². The third-order valence-corrected chi connectivity index (χ3v) is 6.48. The number of alkyl halides is 3. The van der Waals surface area contributed by atoms with Crippen molar-refractivity contribution in [1.82, 2.24) is 4.72 Å². The van der Waals surface area contributed by atoms with Crippen molar-refractivity contribution < 1.29 is 31.5 Å². The van der Waals surface area contributed by atoms with E-state index in [1.54, 1.807) is 4.72 Å². The minimum Gasteiger partial charge on any atom is -0.481 e. The second-order valence-electron chi connectivity index (χ2n) is 6.88. The maximum atomic E-state index is 12.6. The van der Waals surface area contributed by atoms with Gasteiger partial charge in [0.1, 0.15) is 0 Å². The molecule has 4 fully saturated rings. The number of nitrogens with one attached hydrogen (secondary N) is 1. The Balaban J connectivity index is 1.94. The molecule has 2 unspecified atom stereocenters. The predicted molar refractivity (Wildman–Crippen MR) is 65.6 cm³/mol. The highest BCUT2D eigenvalue weighted by atomic mass is 32.2. The summed E-state index contributed by atoms with van der Waals surface area (Å²) in [4.78, 5) is 11.6. The molecule has 0 spiro atoms. The van der Waals surface area contributed by atoms with Crippen molar-refractivity contribution in [3.63, 3.8) is 0 Å². The molecule has 0 aromatic heterocycles. The summed E-state index contributed by atoms with van der Waals surface area (Å²) in [5.41, 5.74) is -7.69. The van der Waals surface area contributed by atoms with Gasteiger partial charge in [-0.15, -0.1) is 0 Å². The van der Waals surface area contributed by atoms with Crippen LogP contribution in [-0.2, 0) is 14.8 Å². The Morgan fingerprint density at radius 2 is 1.67 bits per heavy atom. The molecule has 21 heavy (non-hydrogen) atoms. The van der Waals surface area contributed by atoms with E-state index in [0.717, 1.165) is 6.42 Å². The lowest BCUT2D eigenvalue weighted by Crippen LogP contribution is -2.65. The van der Waals surface area contributed by atoms with Crippen LogP contribution in [0.1, 0.15) is 38.5 Å². The van der Waals surface area contributed by atoms with Crippen LogP contribution in [0.15, 0.2) is 0 Å². The summed E-state index contributed by atoms with van der Waals surface area (Å²) in [5.74, 6) is -1.05. The average molecular weight is 327 g/mol. The molecule has 4 bridgehead atoms. The number of hydrogen-bond donors (Lipinski definition) is 2. The molecule has 4 aliphatic rings. The van der Waals surface area contributed by atoms with Crippen LogP contribution in [0.3, 0.4) is 0 Å². The zero-order valence-corrected chi connectivity index (χ0v) is 11.9. The van der Waals surface area contributed by atoms with Gasteiger partial charge < -0.3 is 5.11 Å². The lowest BCUT2D eigenvalue weighted by molar-refractivity contribution is -0.167. The molecule has 2 N–H and O–H groups in total. The molecular weight excluding hydrogens is 311 g/mol. The molecule has 2 atom stereocenters. The Labute approximate surface area is 119 Å². The number of halogens is 3. The van der Waals surface area contributed by atoms with Crippen molar-refractivity contribution in [2.24, 2.45) is 17.3 Å². The minimum atomic E-state index is -5.46. The number of aliphatic carboxylic acids is 1. The van der Waals surface area contributed by atoms with E-state index in [0.29, 0.717) is 25.7 Å². The zero-order valence-electron chi connectivity index (χ0n) is 11.1. The fourth-order valence-corrected chi connectivity index (χ4v) is 5.90. The average Bonchev–Trinajstić information content (AvgIpc) is 2.23. The topological polar surface area (TPSA) is 83.5 Å². The zero-order chi connectivity index (χ0) is 15.7. The van der Waals surface area contributed by atoms with Gasteiger partial charge >= 0.3 is 21.5 Å². The number of sulfonamides is 1. The lowest BCUT2D eigenvalue weighted by atomic mass is 9.47. The second-order valence-corrected chi connectivity index (χ2v) is 8.55. The molecule has 5 nitrogen and oxygen atoms in total. The Kier molecular flexibility index (Phi) is 2.96. The van der Waals surface area contributed by atoms with Gasteiger partial charge in [0.15, 0.2) is 0 Å². The third kappa shape index (κ3) is 2.25. The molecule has 0 saturated heterocycles. The summed E-state index contributed by atoms with van der Waals surface area (Å²) in [6, 6.07) is 0. The van der Waals surface area contributed by atoms with Crippen LogP contribution >= 0.6 is 0 Å². The van der Waals surface area contributed by atoms with Gasteiger partial charge in [0.25, 0.3) is 0 Å². The monoisotopic (exact) mass is 327 g/mol. The quantitative estimate of drug-likeness (QED) is 0.828. The van der Waals surface area contributed by atoms with E-state index in [2.05, 4.69) is 0 Å². The molecule has 0 aromatic rings. The van der Waals surface area contributed by atoms with E-state index in [4.69, 9.17) is 0 Å². The van der Waals surface area contributed by atoms with Crippen molar-refractivity contribution in [1.29, 1.82) is 0 Å². The highest BCUT2D eigenvalue weighted by Crippen LogP contribution is 2.62. The van der Waals surface area contributed by atoms with Gasteiger partial charge in [-0.3, -0.25) is 4.79 Å². The standard InChI is InChI=1S/C12H16F3NO4S/c13-12(14,15)21(19,20)16-11-4-7-1-8(5-11)3-10(2-7,6-11)9(17)18/h7-8,16H,1-6H2,(H,17,18). The first-order chi connectivity index (χ1) is 9.47. The van der Waals surface area contributed by atoms with Gasteiger partial charge in [-0.2, -0.15) is 13.2 Å². The van der Waals surface area contributed by atoms with Gasteiger partial charge in [0.05, 0.1) is 5.41 Å². The van der Waals surface area contributed by atoms with E-state index in [1.165, 1.54) is 0 Å². The van der Waals surface area contributed by atoms with E-state index in [9.17, 15) is 31.5 Å².